The summed E-state index contributed by atoms with van der Waals surface area (Å²) in [6.07, 6.45) is -0.140. The van der Waals surface area contributed by atoms with E-state index in [1.165, 1.54) is 0 Å². The summed E-state index contributed by atoms with van der Waals surface area (Å²) in [6.45, 7) is 2.35. The van der Waals surface area contributed by atoms with Crippen molar-refractivity contribution in [2.75, 3.05) is 13.7 Å². The number of thiocarbonyl (C=S) groups is 1. The van der Waals surface area contributed by atoms with Gasteiger partial charge in [0.15, 0.2) is 6.17 Å². The Hall–Kier alpha value is -1.20. The molecule has 1 aliphatic heterocycles. The number of hydrogen-bond acceptors (Lipinski definition) is 3. The molecule has 1 unspecified atom stereocenters. The normalized spacial score (nSPS) is 18.9. The quantitative estimate of drug-likeness (QED) is 0.792. The van der Waals surface area contributed by atoms with E-state index in [4.69, 9.17) is 28.6 Å². The van der Waals surface area contributed by atoms with Crippen LogP contribution in [0, 0.1) is 6.92 Å². The summed E-state index contributed by atoms with van der Waals surface area (Å²) in [5.74, 6) is 0.772. The van der Waals surface area contributed by atoms with E-state index in [2.05, 4.69) is 10.2 Å². The van der Waals surface area contributed by atoms with E-state index in [1.54, 1.807) is 4.90 Å². The third kappa shape index (κ3) is 2.73. The van der Waals surface area contributed by atoms with Crippen molar-refractivity contribution in [2.45, 2.75) is 13.1 Å². The lowest BCUT2D eigenvalue weighted by molar-refractivity contribution is 0.229. The molecule has 0 amide bonds. The molecular formula is C11H12ClN3OS. The van der Waals surface area contributed by atoms with Crippen molar-refractivity contribution in [1.82, 2.24) is 4.90 Å². The Morgan fingerprint density at radius 2 is 2.29 bits per heavy atom. The van der Waals surface area contributed by atoms with Crippen LogP contribution < -0.4 is 4.74 Å². The van der Waals surface area contributed by atoms with Gasteiger partial charge in [-0.3, -0.25) is 0 Å². The molecule has 0 N–H and O–H groups in total. The highest BCUT2D eigenvalue weighted by molar-refractivity contribution is 7.80. The topological polar surface area (TPSA) is 37.2 Å². The minimum atomic E-state index is -0.140. The number of azo groups is 1. The molecule has 6 heteroatoms. The van der Waals surface area contributed by atoms with Crippen LogP contribution in [0.2, 0.25) is 5.02 Å². The molecule has 17 heavy (non-hydrogen) atoms. The van der Waals surface area contributed by atoms with Crippen molar-refractivity contribution in [3.8, 4) is 5.75 Å². The van der Waals surface area contributed by atoms with Gasteiger partial charge >= 0.3 is 0 Å². The summed E-state index contributed by atoms with van der Waals surface area (Å²) in [5.41, 5.74) is 0.987. The van der Waals surface area contributed by atoms with Gasteiger partial charge in [0.25, 0.3) is 0 Å². The lowest BCUT2D eigenvalue weighted by Crippen LogP contribution is -2.33. The standard InChI is InChI=1S/C11H12ClN3OS/c1-7-5-8(3-4-9(7)12)16-6-10-13-14-11(17)15(10)2/h3-5,10H,6H2,1-2H3. The zero-order valence-corrected chi connectivity index (χ0v) is 11.1. The van der Waals surface area contributed by atoms with Gasteiger partial charge in [0, 0.05) is 12.1 Å². The van der Waals surface area contributed by atoms with Crippen LogP contribution >= 0.6 is 23.8 Å². The molecule has 0 aliphatic carbocycles. The van der Waals surface area contributed by atoms with Gasteiger partial charge in [-0.25, -0.2) is 0 Å². The minimum Gasteiger partial charge on any atom is -0.489 e. The van der Waals surface area contributed by atoms with E-state index in [1.807, 2.05) is 32.2 Å². The molecule has 0 bridgehead atoms. The van der Waals surface area contributed by atoms with Crippen molar-refractivity contribution >= 4 is 28.9 Å². The van der Waals surface area contributed by atoms with Crippen LogP contribution in [-0.4, -0.2) is 29.8 Å². The first-order chi connectivity index (χ1) is 8.08. The second-order valence-electron chi connectivity index (χ2n) is 3.81. The zero-order valence-electron chi connectivity index (χ0n) is 9.55. The highest BCUT2D eigenvalue weighted by atomic mass is 35.5. The van der Waals surface area contributed by atoms with Gasteiger partial charge in [0.1, 0.15) is 12.4 Å². The van der Waals surface area contributed by atoms with Crippen LogP contribution in [0.15, 0.2) is 28.4 Å². The first kappa shape index (κ1) is 12.3. The third-order valence-corrected chi connectivity index (χ3v) is 3.35. The summed E-state index contributed by atoms with van der Waals surface area (Å²) >= 11 is 10.9. The van der Waals surface area contributed by atoms with E-state index >= 15 is 0 Å². The molecule has 0 saturated heterocycles. The summed E-state index contributed by atoms with van der Waals surface area (Å²) < 4.78 is 5.63. The SMILES string of the molecule is Cc1cc(OCC2N=NC(=S)N2C)ccc1Cl. The smallest absolute Gasteiger partial charge is 0.217 e. The number of benzene rings is 1. The van der Waals surface area contributed by atoms with Crippen molar-refractivity contribution in [2.24, 2.45) is 10.2 Å². The fraction of sp³-hybridized carbons (Fsp3) is 0.364. The van der Waals surface area contributed by atoms with E-state index in [0.717, 1.165) is 16.3 Å². The highest BCUT2D eigenvalue weighted by Gasteiger charge is 2.22. The third-order valence-electron chi connectivity index (χ3n) is 2.55. The van der Waals surface area contributed by atoms with E-state index in [-0.39, 0.29) is 6.17 Å². The maximum atomic E-state index is 5.94. The van der Waals surface area contributed by atoms with Crippen molar-refractivity contribution in [3.63, 3.8) is 0 Å². The molecular weight excluding hydrogens is 258 g/mol. The summed E-state index contributed by atoms with van der Waals surface area (Å²) in [5, 5.41) is 9.06. The predicted molar refractivity (Wildman–Crippen MR) is 70.7 cm³/mol. The van der Waals surface area contributed by atoms with E-state index in [0.29, 0.717) is 11.7 Å². The molecule has 90 valence electrons. The van der Waals surface area contributed by atoms with Gasteiger partial charge in [0.05, 0.1) is 0 Å². The number of nitrogens with zero attached hydrogens (tertiary/aromatic N) is 3. The maximum Gasteiger partial charge on any atom is 0.217 e. The molecule has 0 aromatic heterocycles. The molecule has 1 aliphatic rings. The number of hydrogen-bond donors (Lipinski definition) is 0. The van der Waals surface area contributed by atoms with Crippen LogP contribution in [0.4, 0.5) is 0 Å². The van der Waals surface area contributed by atoms with Gasteiger partial charge in [0.2, 0.25) is 5.11 Å². The Labute approximate surface area is 110 Å². The van der Waals surface area contributed by atoms with E-state index in [9.17, 15) is 0 Å². The Kier molecular flexibility index (Phi) is 3.59. The monoisotopic (exact) mass is 269 g/mol. The Morgan fingerprint density at radius 1 is 1.53 bits per heavy atom. The van der Waals surface area contributed by atoms with Gasteiger partial charge in [-0.15, -0.1) is 5.11 Å². The Bertz CT molecular complexity index is 478. The van der Waals surface area contributed by atoms with Crippen LogP contribution in [0.1, 0.15) is 5.56 Å². The number of aryl methyl sites for hydroxylation is 1. The minimum absolute atomic E-state index is 0.140. The summed E-state index contributed by atoms with van der Waals surface area (Å²) in [7, 11) is 1.85. The molecule has 4 nitrogen and oxygen atoms in total. The van der Waals surface area contributed by atoms with E-state index < -0.39 is 0 Å². The molecule has 1 atom stereocenters. The first-order valence-electron chi connectivity index (χ1n) is 5.14. The predicted octanol–water partition coefficient (Wildman–Crippen LogP) is 3.04. The lowest BCUT2D eigenvalue weighted by Gasteiger charge is -2.18. The molecule has 0 radical (unpaired) electrons. The van der Waals surface area contributed by atoms with Crippen LogP contribution in [0.25, 0.3) is 0 Å². The van der Waals surface area contributed by atoms with Gasteiger partial charge in [-0.2, -0.15) is 5.11 Å². The van der Waals surface area contributed by atoms with Crippen molar-refractivity contribution in [1.29, 1.82) is 0 Å². The fourth-order valence-corrected chi connectivity index (χ4v) is 1.70. The molecule has 0 fully saturated rings. The molecule has 2 rings (SSSR count). The lowest BCUT2D eigenvalue weighted by atomic mass is 10.2. The number of likely N-dealkylation sites (N-methyl/N-ethyl adjacent to an activating group) is 1. The molecule has 0 spiro atoms. The largest absolute Gasteiger partial charge is 0.489 e. The average molecular weight is 270 g/mol. The summed E-state index contributed by atoms with van der Waals surface area (Å²) in [4.78, 5) is 1.80. The van der Waals surface area contributed by atoms with Crippen molar-refractivity contribution < 1.29 is 4.74 Å². The Balaban J connectivity index is 1.96. The fourth-order valence-electron chi connectivity index (χ4n) is 1.41. The van der Waals surface area contributed by atoms with Crippen LogP contribution in [0.3, 0.4) is 0 Å². The molecule has 1 heterocycles. The Morgan fingerprint density at radius 3 is 2.88 bits per heavy atom. The van der Waals surface area contributed by atoms with Gasteiger partial charge in [-0.1, -0.05) is 11.6 Å². The second-order valence-corrected chi connectivity index (χ2v) is 4.58. The van der Waals surface area contributed by atoms with Gasteiger partial charge in [-0.05, 0) is 42.9 Å². The number of halogens is 1. The van der Waals surface area contributed by atoms with Crippen LogP contribution in [0.5, 0.6) is 5.75 Å². The maximum absolute atomic E-state index is 5.94. The number of rotatable bonds is 3. The van der Waals surface area contributed by atoms with Gasteiger partial charge < -0.3 is 9.64 Å². The first-order valence-corrected chi connectivity index (χ1v) is 5.93. The highest BCUT2D eigenvalue weighted by Crippen LogP contribution is 2.22. The van der Waals surface area contributed by atoms with Crippen LogP contribution in [-0.2, 0) is 0 Å². The average Bonchev–Trinajstić information content (AvgIpc) is 2.62. The molecule has 1 aromatic carbocycles. The zero-order chi connectivity index (χ0) is 12.4. The molecule has 1 aromatic rings. The summed E-state index contributed by atoms with van der Waals surface area (Å²) in [6, 6.07) is 5.54. The molecule has 0 saturated carbocycles. The number of ether oxygens (including phenoxy) is 1. The van der Waals surface area contributed by atoms with Crippen molar-refractivity contribution in [3.05, 3.63) is 28.8 Å². The second kappa shape index (κ2) is 4.98.